The van der Waals surface area contributed by atoms with Gasteiger partial charge in [-0.3, -0.25) is 9.78 Å². The van der Waals surface area contributed by atoms with Crippen LogP contribution in [0.1, 0.15) is 51.4 Å². The summed E-state index contributed by atoms with van der Waals surface area (Å²) in [4.78, 5) is 22.4. The highest BCUT2D eigenvalue weighted by atomic mass is 16.5. The monoisotopic (exact) mass is 303 g/mol. The number of aromatic nitrogens is 2. The Morgan fingerprint density at radius 3 is 2.86 bits per heavy atom. The molecule has 1 aliphatic heterocycles. The standard InChI is InChI=1S/C17H25N3O2/c21-17(7-6-14-4-2-1-3-5-14)20-11-8-15(13-20)22-16-12-18-9-10-19-16/h9-10,12,14-15H,1-8,11,13H2. The maximum atomic E-state index is 12.3. The van der Waals surface area contributed by atoms with Crippen LogP contribution < -0.4 is 4.74 Å². The van der Waals surface area contributed by atoms with Crippen LogP contribution >= 0.6 is 0 Å². The molecule has 1 aliphatic carbocycles. The first-order chi connectivity index (χ1) is 10.8. The summed E-state index contributed by atoms with van der Waals surface area (Å²) in [6.07, 6.45) is 14.2. The van der Waals surface area contributed by atoms with Crippen LogP contribution in [0.2, 0.25) is 0 Å². The Bertz CT molecular complexity index is 474. The molecule has 0 radical (unpaired) electrons. The summed E-state index contributed by atoms with van der Waals surface area (Å²) in [5.74, 6) is 1.60. The first-order valence-corrected chi connectivity index (χ1v) is 8.52. The highest BCUT2D eigenvalue weighted by molar-refractivity contribution is 5.76. The van der Waals surface area contributed by atoms with Gasteiger partial charge in [0.2, 0.25) is 11.8 Å². The molecule has 1 saturated heterocycles. The molecule has 0 N–H and O–H groups in total. The molecule has 22 heavy (non-hydrogen) atoms. The number of amides is 1. The van der Waals surface area contributed by atoms with Gasteiger partial charge in [-0.25, -0.2) is 4.98 Å². The van der Waals surface area contributed by atoms with Crippen molar-refractivity contribution < 1.29 is 9.53 Å². The molecule has 120 valence electrons. The van der Waals surface area contributed by atoms with Gasteiger partial charge < -0.3 is 9.64 Å². The summed E-state index contributed by atoms with van der Waals surface area (Å²) in [7, 11) is 0. The lowest BCUT2D eigenvalue weighted by Crippen LogP contribution is -2.31. The largest absolute Gasteiger partial charge is 0.471 e. The molecular formula is C17H25N3O2. The Kier molecular flexibility index (Phi) is 5.24. The van der Waals surface area contributed by atoms with Gasteiger partial charge in [0.05, 0.1) is 12.7 Å². The number of ether oxygens (including phenoxy) is 1. The molecule has 1 aromatic rings. The summed E-state index contributed by atoms with van der Waals surface area (Å²) in [6, 6.07) is 0. The lowest BCUT2D eigenvalue weighted by Gasteiger charge is -2.22. The summed E-state index contributed by atoms with van der Waals surface area (Å²) < 4.78 is 5.78. The molecule has 2 fully saturated rings. The summed E-state index contributed by atoms with van der Waals surface area (Å²) in [6.45, 7) is 1.48. The van der Waals surface area contributed by atoms with E-state index in [9.17, 15) is 4.79 Å². The van der Waals surface area contributed by atoms with E-state index >= 15 is 0 Å². The lowest BCUT2D eigenvalue weighted by molar-refractivity contribution is -0.130. The Hall–Kier alpha value is -1.65. The molecule has 1 amide bonds. The molecular weight excluding hydrogens is 278 g/mol. The van der Waals surface area contributed by atoms with E-state index in [2.05, 4.69) is 9.97 Å². The predicted molar refractivity (Wildman–Crippen MR) is 83.5 cm³/mol. The van der Waals surface area contributed by atoms with Crippen LogP contribution in [-0.2, 0) is 4.79 Å². The summed E-state index contributed by atoms with van der Waals surface area (Å²) >= 11 is 0. The molecule has 1 saturated carbocycles. The number of carbonyl (C=O) groups excluding carboxylic acids is 1. The average Bonchev–Trinajstić information content (AvgIpc) is 3.03. The predicted octanol–water partition coefficient (Wildman–Crippen LogP) is 2.82. The van der Waals surface area contributed by atoms with Crippen LogP contribution in [0.3, 0.4) is 0 Å². The van der Waals surface area contributed by atoms with Gasteiger partial charge in [0.1, 0.15) is 6.10 Å². The molecule has 5 heteroatoms. The Morgan fingerprint density at radius 1 is 1.23 bits per heavy atom. The van der Waals surface area contributed by atoms with Crippen molar-refractivity contribution in [3.8, 4) is 5.88 Å². The van der Waals surface area contributed by atoms with Gasteiger partial charge >= 0.3 is 0 Å². The second-order valence-electron chi connectivity index (χ2n) is 6.45. The van der Waals surface area contributed by atoms with E-state index in [1.54, 1.807) is 18.6 Å². The molecule has 5 nitrogen and oxygen atoms in total. The number of carbonyl (C=O) groups is 1. The molecule has 1 aromatic heterocycles. The minimum Gasteiger partial charge on any atom is -0.471 e. The zero-order valence-electron chi connectivity index (χ0n) is 13.1. The first kappa shape index (κ1) is 15.3. The van der Waals surface area contributed by atoms with E-state index < -0.39 is 0 Å². The fraction of sp³-hybridized carbons (Fsp3) is 0.706. The Morgan fingerprint density at radius 2 is 2.09 bits per heavy atom. The molecule has 0 bridgehead atoms. The number of hydrogen-bond donors (Lipinski definition) is 0. The summed E-state index contributed by atoms with van der Waals surface area (Å²) in [5.41, 5.74) is 0. The molecule has 1 unspecified atom stereocenters. The zero-order valence-corrected chi connectivity index (χ0v) is 13.1. The van der Waals surface area contributed by atoms with Crippen molar-refractivity contribution in [2.45, 2.75) is 57.5 Å². The van der Waals surface area contributed by atoms with Gasteiger partial charge in [-0.15, -0.1) is 0 Å². The molecule has 1 atom stereocenters. The molecule has 2 aliphatic rings. The van der Waals surface area contributed by atoms with Crippen molar-refractivity contribution in [2.75, 3.05) is 13.1 Å². The van der Waals surface area contributed by atoms with Gasteiger partial charge in [0, 0.05) is 31.8 Å². The van der Waals surface area contributed by atoms with Crippen LogP contribution in [0.25, 0.3) is 0 Å². The third kappa shape index (κ3) is 4.18. The van der Waals surface area contributed by atoms with E-state index in [0.717, 1.165) is 25.3 Å². The fourth-order valence-corrected chi connectivity index (χ4v) is 3.53. The van der Waals surface area contributed by atoms with Crippen LogP contribution in [0, 0.1) is 5.92 Å². The minimum atomic E-state index is 0.0512. The van der Waals surface area contributed by atoms with Crippen LogP contribution in [0.4, 0.5) is 0 Å². The number of nitrogens with zero attached hydrogens (tertiary/aromatic N) is 3. The Balaban J connectivity index is 1.40. The second-order valence-corrected chi connectivity index (χ2v) is 6.45. The number of hydrogen-bond acceptors (Lipinski definition) is 4. The normalized spacial score (nSPS) is 22.7. The van der Waals surface area contributed by atoms with E-state index in [0.29, 0.717) is 18.8 Å². The van der Waals surface area contributed by atoms with Crippen molar-refractivity contribution >= 4 is 5.91 Å². The van der Waals surface area contributed by atoms with E-state index in [4.69, 9.17) is 4.74 Å². The zero-order chi connectivity index (χ0) is 15.2. The average molecular weight is 303 g/mol. The lowest BCUT2D eigenvalue weighted by atomic mass is 9.86. The molecule has 3 rings (SSSR count). The maximum Gasteiger partial charge on any atom is 0.232 e. The highest BCUT2D eigenvalue weighted by Gasteiger charge is 2.28. The van der Waals surface area contributed by atoms with Crippen molar-refractivity contribution in [3.63, 3.8) is 0 Å². The summed E-state index contributed by atoms with van der Waals surface area (Å²) in [5, 5.41) is 0. The smallest absolute Gasteiger partial charge is 0.232 e. The maximum absolute atomic E-state index is 12.3. The van der Waals surface area contributed by atoms with Gasteiger partial charge in [0.25, 0.3) is 0 Å². The second kappa shape index (κ2) is 7.56. The first-order valence-electron chi connectivity index (χ1n) is 8.52. The quantitative estimate of drug-likeness (QED) is 0.839. The van der Waals surface area contributed by atoms with Crippen molar-refractivity contribution in [3.05, 3.63) is 18.6 Å². The van der Waals surface area contributed by atoms with Crippen LogP contribution in [0.5, 0.6) is 5.88 Å². The SMILES string of the molecule is O=C(CCC1CCCCC1)N1CCC(Oc2cnccn2)C1. The topological polar surface area (TPSA) is 55.3 Å². The third-order valence-electron chi connectivity index (χ3n) is 4.82. The van der Waals surface area contributed by atoms with Gasteiger partial charge in [0.15, 0.2) is 0 Å². The van der Waals surface area contributed by atoms with Gasteiger partial charge in [-0.1, -0.05) is 32.1 Å². The van der Waals surface area contributed by atoms with Crippen LogP contribution in [-0.4, -0.2) is 40.0 Å². The highest BCUT2D eigenvalue weighted by Crippen LogP contribution is 2.28. The van der Waals surface area contributed by atoms with E-state index in [1.165, 1.54) is 32.1 Å². The van der Waals surface area contributed by atoms with Gasteiger partial charge in [-0.05, 0) is 12.3 Å². The van der Waals surface area contributed by atoms with Crippen molar-refractivity contribution in [2.24, 2.45) is 5.92 Å². The number of likely N-dealkylation sites (tertiary alicyclic amines) is 1. The minimum absolute atomic E-state index is 0.0512. The molecule has 0 aromatic carbocycles. The Labute approximate surface area is 132 Å². The third-order valence-corrected chi connectivity index (χ3v) is 4.82. The van der Waals surface area contributed by atoms with Crippen molar-refractivity contribution in [1.82, 2.24) is 14.9 Å². The van der Waals surface area contributed by atoms with E-state index in [-0.39, 0.29) is 12.0 Å². The van der Waals surface area contributed by atoms with Gasteiger partial charge in [-0.2, -0.15) is 0 Å². The molecule has 2 heterocycles. The van der Waals surface area contributed by atoms with E-state index in [1.807, 2.05) is 4.90 Å². The van der Waals surface area contributed by atoms with Crippen LogP contribution in [0.15, 0.2) is 18.6 Å². The van der Waals surface area contributed by atoms with Crippen molar-refractivity contribution in [1.29, 1.82) is 0 Å². The molecule has 0 spiro atoms. The number of rotatable bonds is 5. The fourth-order valence-electron chi connectivity index (χ4n) is 3.53.